The zero-order valence-electron chi connectivity index (χ0n) is 19.4. The molecular weight excluding hydrogens is 509 g/mol. The smallest absolute Gasteiger partial charge is 0.300 e. The predicted molar refractivity (Wildman–Crippen MR) is 135 cm³/mol. The molecule has 1 fully saturated rings. The summed E-state index contributed by atoms with van der Waals surface area (Å²) in [6.07, 6.45) is 0. The number of aliphatic hydroxyl groups excluding tert-OH is 1. The SMILES string of the molecule is COc1cc(OC)c(/C(O)=C2\C(=O)C(=O)N(c3ccccc3)C2c2cc(Cl)c(O)c(OC)c2)cc1Cl. The van der Waals surface area contributed by atoms with Crippen LogP contribution in [0.2, 0.25) is 10.0 Å². The van der Waals surface area contributed by atoms with Crippen LogP contribution in [-0.2, 0) is 9.59 Å². The van der Waals surface area contributed by atoms with Crippen LogP contribution in [0.15, 0.2) is 60.2 Å². The largest absolute Gasteiger partial charge is 0.507 e. The molecule has 0 radical (unpaired) electrons. The summed E-state index contributed by atoms with van der Waals surface area (Å²) >= 11 is 12.5. The third kappa shape index (κ3) is 4.19. The summed E-state index contributed by atoms with van der Waals surface area (Å²) in [5, 5.41) is 21.8. The molecule has 0 aromatic heterocycles. The van der Waals surface area contributed by atoms with Crippen molar-refractivity contribution in [3.05, 3.63) is 81.3 Å². The summed E-state index contributed by atoms with van der Waals surface area (Å²) in [6.45, 7) is 0. The van der Waals surface area contributed by atoms with Gasteiger partial charge in [-0.1, -0.05) is 41.4 Å². The molecule has 4 rings (SSSR count). The molecule has 1 heterocycles. The first-order chi connectivity index (χ1) is 17.2. The van der Waals surface area contributed by atoms with E-state index >= 15 is 0 Å². The van der Waals surface area contributed by atoms with Crippen LogP contribution in [0.3, 0.4) is 0 Å². The average Bonchev–Trinajstić information content (AvgIpc) is 3.15. The summed E-state index contributed by atoms with van der Waals surface area (Å²) in [7, 11) is 4.14. The number of rotatable bonds is 6. The maximum atomic E-state index is 13.4. The van der Waals surface area contributed by atoms with Gasteiger partial charge < -0.3 is 24.4 Å². The molecule has 3 aromatic rings. The Kier molecular flexibility index (Phi) is 7.01. The highest BCUT2D eigenvalue weighted by molar-refractivity contribution is 6.51. The molecule has 1 aliphatic heterocycles. The van der Waals surface area contributed by atoms with E-state index in [0.717, 1.165) is 0 Å². The minimum absolute atomic E-state index is 0.0289. The van der Waals surface area contributed by atoms with Crippen LogP contribution in [0.4, 0.5) is 5.69 Å². The summed E-state index contributed by atoms with van der Waals surface area (Å²) in [4.78, 5) is 27.9. The number of amides is 1. The van der Waals surface area contributed by atoms with Crippen molar-refractivity contribution in [2.24, 2.45) is 0 Å². The fraction of sp³-hybridized carbons (Fsp3) is 0.154. The second kappa shape index (κ2) is 10.0. The number of carbonyl (C=O) groups excluding carboxylic acids is 2. The molecule has 1 unspecified atom stereocenters. The Morgan fingerprint density at radius 1 is 0.861 bits per heavy atom. The Balaban J connectivity index is 2.04. The first kappa shape index (κ1) is 25.2. The highest BCUT2D eigenvalue weighted by atomic mass is 35.5. The number of carbonyl (C=O) groups is 2. The molecule has 3 aromatic carbocycles. The minimum atomic E-state index is -1.12. The predicted octanol–water partition coefficient (Wildman–Crippen LogP) is 5.35. The number of phenols is 1. The Morgan fingerprint density at radius 3 is 2.11 bits per heavy atom. The van der Waals surface area contributed by atoms with Crippen molar-refractivity contribution < 1.29 is 34.0 Å². The van der Waals surface area contributed by atoms with E-state index in [1.807, 2.05) is 0 Å². The third-order valence-corrected chi connectivity index (χ3v) is 6.38. The number of halogens is 2. The van der Waals surface area contributed by atoms with Gasteiger partial charge in [0.15, 0.2) is 11.5 Å². The number of benzene rings is 3. The van der Waals surface area contributed by atoms with E-state index in [9.17, 15) is 19.8 Å². The van der Waals surface area contributed by atoms with Gasteiger partial charge in [-0.05, 0) is 35.9 Å². The van der Waals surface area contributed by atoms with E-state index in [1.165, 1.54) is 50.5 Å². The summed E-state index contributed by atoms with van der Waals surface area (Å²) in [6, 6.07) is 13.1. The number of aliphatic hydroxyl groups is 1. The topological polar surface area (TPSA) is 106 Å². The van der Waals surface area contributed by atoms with Gasteiger partial charge in [0.1, 0.15) is 17.3 Å². The molecule has 1 aliphatic rings. The average molecular weight is 530 g/mol. The lowest BCUT2D eigenvalue weighted by Gasteiger charge is -2.26. The van der Waals surface area contributed by atoms with Crippen molar-refractivity contribution in [1.82, 2.24) is 0 Å². The van der Waals surface area contributed by atoms with Crippen LogP contribution in [0.25, 0.3) is 5.76 Å². The molecule has 1 amide bonds. The molecule has 1 atom stereocenters. The molecule has 186 valence electrons. The Morgan fingerprint density at radius 2 is 1.50 bits per heavy atom. The van der Waals surface area contributed by atoms with Crippen LogP contribution < -0.4 is 19.1 Å². The monoisotopic (exact) mass is 529 g/mol. The molecule has 8 nitrogen and oxygen atoms in total. The Bertz CT molecular complexity index is 1390. The Labute approximate surface area is 216 Å². The molecule has 0 spiro atoms. The van der Waals surface area contributed by atoms with Gasteiger partial charge in [0.2, 0.25) is 0 Å². The van der Waals surface area contributed by atoms with Crippen LogP contribution in [-0.4, -0.2) is 43.2 Å². The number of methoxy groups -OCH3 is 3. The molecule has 1 saturated heterocycles. The van der Waals surface area contributed by atoms with E-state index in [-0.39, 0.29) is 38.4 Å². The van der Waals surface area contributed by atoms with Crippen molar-refractivity contribution >= 4 is 46.3 Å². The van der Waals surface area contributed by atoms with Crippen molar-refractivity contribution in [2.75, 3.05) is 26.2 Å². The fourth-order valence-corrected chi connectivity index (χ4v) is 4.56. The van der Waals surface area contributed by atoms with E-state index in [0.29, 0.717) is 17.0 Å². The molecule has 2 N–H and O–H groups in total. The van der Waals surface area contributed by atoms with Crippen LogP contribution in [0.5, 0.6) is 23.0 Å². The molecular formula is C26H21Cl2NO7. The van der Waals surface area contributed by atoms with Gasteiger partial charge in [-0.15, -0.1) is 0 Å². The van der Waals surface area contributed by atoms with Crippen molar-refractivity contribution in [2.45, 2.75) is 6.04 Å². The number of anilines is 1. The highest BCUT2D eigenvalue weighted by Crippen LogP contribution is 2.47. The number of Topliss-reactive ketones (excluding diaryl/α,β-unsaturated/α-hetero) is 1. The lowest BCUT2D eigenvalue weighted by molar-refractivity contribution is -0.132. The fourth-order valence-electron chi connectivity index (χ4n) is 4.10. The quantitative estimate of drug-likeness (QED) is 0.252. The van der Waals surface area contributed by atoms with Crippen LogP contribution in [0.1, 0.15) is 17.2 Å². The summed E-state index contributed by atoms with van der Waals surface area (Å²) in [5.74, 6) is -2.13. The van der Waals surface area contributed by atoms with Gasteiger partial charge in [0.05, 0.1) is 48.6 Å². The molecule has 10 heteroatoms. The van der Waals surface area contributed by atoms with Crippen molar-refractivity contribution in [3.63, 3.8) is 0 Å². The lowest BCUT2D eigenvalue weighted by Crippen LogP contribution is -2.29. The van der Waals surface area contributed by atoms with Gasteiger partial charge >= 0.3 is 0 Å². The maximum Gasteiger partial charge on any atom is 0.300 e. The minimum Gasteiger partial charge on any atom is -0.507 e. The standard InChI is InChI=1S/C26H21Cl2NO7/c1-34-18-12-19(35-2)16(27)11-15(18)23(30)21-22(13-9-17(28)24(31)20(10-13)36-3)29(26(33)25(21)32)14-7-5-4-6-8-14/h4-12,22,30-31H,1-3H3/b23-21+. The molecule has 0 saturated carbocycles. The second-order valence-electron chi connectivity index (χ2n) is 7.75. The second-order valence-corrected chi connectivity index (χ2v) is 8.56. The normalized spacial score (nSPS) is 16.8. The van der Waals surface area contributed by atoms with Crippen LogP contribution >= 0.6 is 23.2 Å². The zero-order chi connectivity index (χ0) is 26.1. The van der Waals surface area contributed by atoms with E-state index in [4.69, 9.17) is 37.4 Å². The zero-order valence-corrected chi connectivity index (χ0v) is 20.9. The maximum absolute atomic E-state index is 13.4. The van der Waals surface area contributed by atoms with E-state index in [2.05, 4.69) is 0 Å². The summed E-state index contributed by atoms with van der Waals surface area (Å²) in [5.41, 5.74) is 0.577. The number of aromatic hydroxyl groups is 1. The summed E-state index contributed by atoms with van der Waals surface area (Å²) < 4.78 is 15.8. The molecule has 0 bridgehead atoms. The van der Waals surface area contributed by atoms with E-state index < -0.39 is 23.5 Å². The van der Waals surface area contributed by atoms with Gasteiger partial charge in [-0.3, -0.25) is 14.5 Å². The van der Waals surface area contributed by atoms with Crippen LogP contribution in [0, 0.1) is 0 Å². The number of ketones is 1. The first-order valence-corrected chi connectivity index (χ1v) is 11.3. The third-order valence-electron chi connectivity index (χ3n) is 5.79. The number of hydrogen-bond acceptors (Lipinski definition) is 7. The van der Waals surface area contributed by atoms with E-state index in [1.54, 1.807) is 30.3 Å². The van der Waals surface area contributed by atoms with Gasteiger partial charge in [-0.2, -0.15) is 0 Å². The number of phenolic OH excluding ortho intramolecular Hbond substituents is 1. The van der Waals surface area contributed by atoms with Gasteiger partial charge in [0, 0.05) is 11.8 Å². The molecule has 0 aliphatic carbocycles. The highest BCUT2D eigenvalue weighted by Gasteiger charge is 2.47. The van der Waals surface area contributed by atoms with Gasteiger partial charge in [0.25, 0.3) is 11.7 Å². The van der Waals surface area contributed by atoms with Gasteiger partial charge in [-0.25, -0.2) is 0 Å². The Hall–Kier alpha value is -3.88. The first-order valence-electron chi connectivity index (χ1n) is 10.6. The number of para-hydroxylation sites is 1. The number of nitrogens with zero attached hydrogens (tertiary/aromatic N) is 1. The van der Waals surface area contributed by atoms with Crippen molar-refractivity contribution in [3.8, 4) is 23.0 Å². The lowest BCUT2D eigenvalue weighted by atomic mass is 9.94. The molecule has 36 heavy (non-hydrogen) atoms. The number of hydrogen-bond donors (Lipinski definition) is 2. The van der Waals surface area contributed by atoms with Crippen molar-refractivity contribution in [1.29, 1.82) is 0 Å². The number of ether oxygens (including phenoxy) is 3.